The second-order valence-electron chi connectivity index (χ2n) is 7.52. The van der Waals surface area contributed by atoms with Crippen LogP contribution in [0.5, 0.6) is 5.75 Å². The standard InChI is InChI=1S/C23H22FNO7S2/c1-25(34(30,31)21-9-4-3-8-20(21)24)15-16-10-12-18(13-11-16)32-22(23(26)27)17-6-5-7-19(14-17)33(2,28)29/h3-14,22H,15H2,1-2H3,(H,26,27). The van der Waals surface area contributed by atoms with Crippen LogP contribution in [0.3, 0.4) is 0 Å². The molecule has 180 valence electrons. The third-order valence-electron chi connectivity index (χ3n) is 4.92. The van der Waals surface area contributed by atoms with Crippen molar-refractivity contribution >= 4 is 25.8 Å². The number of benzene rings is 3. The molecule has 0 fully saturated rings. The van der Waals surface area contributed by atoms with Crippen molar-refractivity contribution in [3.05, 3.63) is 89.7 Å². The summed E-state index contributed by atoms with van der Waals surface area (Å²) in [5.41, 5.74) is 0.705. The Morgan fingerprint density at radius 3 is 2.24 bits per heavy atom. The Balaban J connectivity index is 1.77. The molecule has 3 aromatic rings. The molecule has 3 aromatic carbocycles. The zero-order valence-corrected chi connectivity index (χ0v) is 19.9. The first-order chi connectivity index (χ1) is 15.9. The fourth-order valence-corrected chi connectivity index (χ4v) is 5.04. The van der Waals surface area contributed by atoms with Gasteiger partial charge in [0, 0.05) is 25.4 Å². The van der Waals surface area contributed by atoms with Gasteiger partial charge in [-0.25, -0.2) is 26.0 Å². The van der Waals surface area contributed by atoms with E-state index in [0.717, 1.165) is 16.6 Å². The number of sulfonamides is 1. The monoisotopic (exact) mass is 507 g/mol. The van der Waals surface area contributed by atoms with Crippen molar-refractivity contribution < 1.29 is 35.9 Å². The Hall–Kier alpha value is -3.28. The van der Waals surface area contributed by atoms with Crippen LogP contribution in [-0.2, 0) is 31.2 Å². The summed E-state index contributed by atoms with van der Waals surface area (Å²) in [6.07, 6.45) is -0.443. The second kappa shape index (κ2) is 9.92. The summed E-state index contributed by atoms with van der Waals surface area (Å²) in [6.45, 7) is -0.0598. The highest BCUT2D eigenvalue weighted by Gasteiger charge is 2.25. The third kappa shape index (κ3) is 5.79. The lowest BCUT2D eigenvalue weighted by molar-refractivity contribution is -0.145. The van der Waals surface area contributed by atoms with Gasteiger partial charge in [-0.2, -0.15) is 4.31 Å². The van der Waals surface area contributed by atoms with Crippen molar-refractivity contribution in [2.24, 2.45) is 0 Å². The minimum atomic E-state index is -4.06. The highest BCUT2D eigenvalue weighted by Crippen LogP contribution is 2.26. The minimum absolute atomic E-state index is 0.0331. The zero-order chi connectivity index (χ0) is 25.1. The van der Waals surface area contributed by atoms with Crippen molar-refractivity contribution in [2.45, 2.75) is 22.4 Å². The Morgan fingerprint density at radius 1 is 1.00 bits per heavy atom. The van der Waals surface area contributed by atoms with E-state index in [1.54, 1.807) is 12.1 Å². The van der Waals surface area contributed by atoms with E-state index in [0.29, 0.717) is 5.56 Å². The van der Waals surface area contributed by atoms with Crippen molar-refractivity contribution in [3.8, 4) is 5.75 Å². The Kier molecular flexibility index (Phi) is 7.39. The van der Waals surface area contributed by atoms with Gasteiger partial charge >= 0.3 is 5.97 Å². The summed E-state index contributed by atoms with van der Waals surface area (Å²) in [6, 6.07) is 16.6. The van der Waals surface area contributed by atoms with E-state index in [9.17, 15) is 31.1 Å². The first-order valence-electron chi connectivity index (χ1n) is 9.89. The molecule has 0 aliphatic heterocycles. The molecular weight excluding hydrogens is 485 g/mol. The smallest absolute Gasteiger partial charge is 0.349 e. The molecule has 0 heterocycles. The summed E-state index contributed by atoms with van der Waals surface area (Å²) in [5, 5.41) is 9.60. The maximum absolute atomic E-state index is 14.0. The molecule has 1 unspecified atom stereocenters. The van der Waals surface area contributed by atoms with Crippen LogP contribution in [0.4, 0.5) is 4.39 Å². The fourth-order valence-electron chi connectivity index (χ4n) is 3.14. The summed E-state index contributed by atoms with van der Waals surface area (Å²) in [5.74, 6) is -1.98. The molecule has 34 heavy (non-hydrogen) atoms. The molecular formula is C23H22FNO7S2. The lowest BCUT2D eigenvalue weighted by atomic mass is 10.1. The van der Waals surface area contributed by atoms with Gasteiger partial charge < -0.3 is 9.84 Å². The number of rotatable bonds is 9. The van der Waals surface area contributed by atoms with Gasteiger partial charge in [-0.1, -0.05) is 36.4 Å². The number of hydrogen-bond donors (Lipinski definition) is 1. The van der Waals surface area contributed by atoms with Gasteiger partial charge in [0.05, 0.1) is 4.90 Å². The summed E-state index contributed by atoms with van der Waals surface area (Å²) < 4.78 is 69.4. The van der Waals surface area contributed by atoms with Crippen LogP contribution in [0.2, 0.25) is 0 Å². The topological polar surface area (TPSA) is 118 Å². The Morgan fingerprint density at radius 2 is 1.65 bits per heavy atom. The summed E-state index contributed by atoms with van der Waals surface area (Å²) in [7, 11) is -6.27. The van der Waals surface area contributed by atoms with Crippen molar-refractivity contribution in [1.29, 1.82) is 0 Å². The predicted molar refractivity (Wildman–Crippen MR) is 122 cm³/mol. The number of carboxylic acid groups (broad SMARTS) is 1. The largest absolute Gasteiger partial charge is 0.478 e. The number of nitrogens with zero attached hydrogens (tertiary/aromatic N) is 1. The molecule has 11 heteroatoms. The number of aliphatic carboxylic acids is 1. The SMILES string of the molecule is CN(Cc1ccc(OC(C(=O)O)c2cccc(S(C)(=O)=O)c2)cc1)S(=O)(=O)c1ccccc1F. The van der Waals surface area contributed by atoms with E-state index in [4.69, 9.17) is 4.74 Å². The number of sulfone groups is 1. The van der Waals surface area contributed by atoms with Crippen molar-refractivity contribution in [2.75, 3.05) is 13.3 Å². The first-order valence-corrected chi connectivity index (χ1v) is 13.2. The van der Waals surface area contributed by atoms with Crippen LogP contribution in [-0.4, -0.2) is 45.5 Å². The van der Waals surface area contributed by atoms with Crippen LogP contribution >= 0.6 is 0 Å². The van der Waals surface area contributed by atoms with Gasteiger partial charge in [0.25, 0.3) is 0 Å². The molecule has 0 aromatic heterocycles. The lowest BCUT2D eigenvalue weighted by Gasteiger charge is -2.19. The highest BCUT2D eigenvalue weighted by atomic mass is 32.2. The molecule has 0 bridgehead atoms. The number of carbonyl (C=O) groups is 1. The van der Waals surface area contributed by atoms with Crippen LogP contribution in [0.15, 0.2) is 82.6 Å². The molecule has 1 N–H and O–H groups in total. The maximum atomic E-state index is 14.0. The maximum Gasteiger partial charge on any atom is 0.349 e. The zero-order valence-electron chi connectivity index (χ0n) is 18.3. The van der Waals surface area contributed by atoms with E-state index in [2.05, 4.69) is 0 Å². The second-order valence-corrected chi connectivity index (χ2v) is 11.5. The van der Waals surface area contributed by atoms with E-state index in [1.165, 1.54) is 61.6 Å². The van der Waals surface area contributed by atoms with E-state index in [1.807, 2.05) is 0 Å². The number of hydrogen-bond acceptors (Lipinski definition) is 6. The molecule has 3 rings (SSSR count). The summed E-state index contributed by atoms with van der Waals surface area (Å²) in [4.78, 5) is 11.3. The lowest BCUT2D eigenvalue weighted by Crippen LogP contribution is -2.27. The van der Waals surface area contributed by atoms with Crippen molar-refractivity contribution in [3.63, 3.8) is 0 Å². The molecule has 1 atom stereocenters. The Bertz CT molecular complexity index is 1410. The third-order valence-corrected chi connectivity index (χ3v) is 7.87. The van der Waals surface area contributed by atoms with Crippen LogP contribution in [0, 0.1) is 5.82 Å². The molecule has 8 nitrogen and oxygen atoms in total. The molecule has 0 saturated heterocycles. The number of ether oxygens (including phenoxy) is 1. The normalized spacial score (nSPS) is 12.9. The average Bonchev–Trinajstić information content (AvgIpc) is 2.78. The molecule has 0 aliphatic rings. The van der Waals surface area contributed by atoms with E-state index < -0.39 is 42.6 Å². The van der Waals surface area contributed by atoms with E-state index >= 15 is 0 Å². The van der Waals surface area contributed by atoms with Crippen LogP contribution < -0.4 is 4.74 Å². The van der Waals surface area contributed by atoms with Gasteiger partial charge in [0.2, 0.25) is 16.1 Å². The quantitative estimate of drug-likeness (QED) is 0.472. The van der Waals surface area contributed by atoms with Gasteiger partial charge in [0.15, 0.2) is 9.84 Å². The molecule has 0 amide bonds. The van der Waals surface area contributed by atoms with Gasteiger partial charge in [-0.15, -0.1) is 0 Å². The van der Waals surface area contributed by atoms with Crippen LogP contribution in [0.25, 0.3) is 0 Å². The van der Waals surface area contributed by atoms with Crippen molar-refractivity contribution in [1.82, 2.24) is 4.31 Å². The predicted octanol–water partition coefficient (Wildman–Crippen LogP) is 3.25. The number of halogens is 1. The number of carboxylic acids is 1. The molecule has 0 aliphatic carbocycles. The van der Waals surface area contributed by atoms with E-state index in [-0.39, 0.29) is 22.8 Å². The first kappa shape index (κ1) is 25.3. The van der Waals surface area contributed by atoms with Gasteiger partial charge in [-0.05, 0) is 42.0 Å². The molecule has 0 spiro atoms. The molecule has 0 saturated carbocycles. The fraction of sp³-hybridized carbons (Fsp3) is 0.174. The minimum Gasteiger partial charge on any atom is -0.478 e. The van der Waals surface area contributed by atoms with Crippen LogP contribution in [0.1, 0.15) is 17.2 Å². The highest BCUT2D eigenvalue weighted by molar-refractivity contribution is 7.90. The van der Waals surface area contributed by atoms with Gasteiger partial charge in [-0.3, -0.25) is 0 Å². The molecule has 0 radical (unpaired) electrons. The summed E-state index contributed by atoms with van der Waals surface area (Å²) >= 11 is 0. The average molecular weight is 508 g/mol. The Labute approximate surface area is 197 Å². The van der Waals surface area contributed by atoms with Gasteiger partial charge in [0.1, 0.15) is 16.5 Å².